The number of carbonyl (C=O) groups excluding carboxylic acids is 2. The molecule has 34 heavy (non-hydrogen) atoms. The number of rotatable bonds is 4. The molecule has 0 aliphatic rings. The molecule has 0 amide bonds. The molecule has 0 atom stereocenters. The summed E-state index contributed by atoms with van der Waals surface area (Å²) in [6.07, 6.45) is 0. The molecule has 0 saturated carbocycles. The number of benzene rings is 4. The topological polar surface area (TPSA) is 80.3 Å². The minimum absolute atomic E-state index is 0. The minimum atomic E-state index is -2.30. The third-order valence-corrected chi connectivity index (χ3v) is 9.62. The van der Waals surface area contributed by atoms with Crippen LogP contribution in [0, 0.1) is 0 Å². The average Bonchev–Trinajstić information content (AvgIpc) is 2.82. The Balaban J connectivity index is 0.000000563. The first kappa shape index (κ1) is 28.9. The number of hydrogen-bond acceptors (Lipinski definition) is 4. The number of carboxylic acid groups (broad SMARTS) is 2. The summed E-state index contributed by atoms with van der Waals surface area (Å²) in [6.45, 7) is 1.94. The molecule has 0 spiro atoms. The second-order valence-electron chi connectivity index (χ2n) is 7.20. The van der Waals surface area contributed by atoms with Crippen LogP contribution >= 0.6 is 7.26 Å². The van der Waals surface area contributed by atoms with Gasteiger partial charge in [-0.1, -0.05) is 0 Å². The summed E-state index contributed by atoms with van der Waals surface area (Å²) in [5.41, 5.74) is 0. The number of carboxylic acids is 2. The van der Waals surface area contributed by atoms with Crippen molar-refractivity contribution in [2.45, 2.75) is 13.8 Å². The van der Waals surface area contributed by atoms with E-state index < -0.39 is 19.2 Å². The molecule has 0 N–H and O–H groups in total. The van der Waals surface area contributed by atoms with Crippen LogP contribution in [-0.4, -0.2) is 11.9 Å². The fourth-order valence-corrected chi connectivity index (χ4v) is 8.52. The first-order valence-corrected chi connectivity index (χ1v) is 12.5. The molecule has 4 rings (SSSR count). The van der Waals surface area contributed by atoms with Crippen LogP contribution in [0.15, 0.2) is 121 Å². The van der Waals surface area contributed by atoms with E-state index in [0.717, 1.165) is 13.8 Å². The maximum absolute atomic E-state index is 8.89. The van der Waals surface area contributed by atoms with Crippen molar-refractivity contribution < 1.29 is 40.2 Å². The molecule has 0 aliphatic carbocycles. The Morgan fingerprint density at radius 1 is 0.471 bits per heavy atom. The number of hydrogen-bond donors (Lipinski definition) is 0. The third kappa shape index (κ3) is 8.05. The van der Waals surface area contributed by atoms with Gasteiger partial charge in [-0.15, -0.1) is 0 Å². The van der Waals surface area contributed by atoms with E-state index in [1.165, 1.54) is 21.2 Å². The van der Waals surface area contributed by atoms with Crippen LogP contribution < -0.4 is 31.4 Å². The molecule has 0 bridgehead atoms. The number of carbonyl (C=O) groups is 2. The van der Waals surface area contributed by atoms with Crippen LogP contribution in [0.2, 0.25) is 0 Å². The van der Waals surface area contributed by atoms with Gasteiger partial charge in [0.2, 0.25) is 0 Å². The van der Waals surface area contributed by atoms with Gasteiger partial charge in [-0.25, -0.2) is 0 Å². The average molecular weight is 565 g/mol. The van der Waals surface area contributed by atoms with Gasteiger partial charge in [0.1, 0.15) is 0 Å². The van der Waals surface area contributed by atoms with Gasteiger partial charge in [0.15, 0.2) is 0 Å². The van der Waals surface area contributed by atoms with Gasteiger partial charge in [0.05, 0.1) is 0 Å². The predicted octanol–water partition coefficient (Wildman–Crippen LogP) is 1.55. The van der Waals surface area contributed by atoms with E-state index in [-0.39, 0.29) is 20.4 Å². The summed E-state index contributed by atoms with van der Waals surface area (Å²) in [7, 11) is -2.30. The quantitative estimate of drug-likeness (QED) is 0.278. The van der Waals surface area contributed by atoms with Gasteiger partial charge in [0, 0.05) is 11.9 Å². The molecule has 6 heteroatoms. The summed E-state index contributed by atoms with van der Waals surface area (Å²) in [5, 5.41) is 23.4. The van der Waals surface area contributed by atoms with Crippen molar-refractivity contribution in [3.8, 4) is 0 Å². The van der Waals surface area contributed by atoms with Crippen molar-refractivity contribution in [3.63, 3.8) is 0 Å². The molecule has 4 nitrogen and oxygen atoms in total. The summed E-state index contributed by atoms with van der Waals surface area (Å²) < 4.78 is 0. The zero-order valence-corrected chi connectivity index (χ0v) is 21.6. The Morgan fingerprint density at radius 3 is 0.765 bits per heavy atom. The van der Waals surface area contributed by atoms with Gasteiger partial charge in [0.25, 0.3) is 0 Å². The second kappa shape index (κ2) is 14.9. The fourth-order valence-electron chi connectivity index (χ4n) is 3.75. The molecular weight excluding hydrogens is 538 g/mol. The molecule has 0 unspecified atom stereocenters. The van der Waals surface area contributed by atoms with Crippen LogP contribution in [-0.2, 0) is 30.0 Å². The van der Waals surface area contributed by atoms with Crippen molar-refractivity contribution in [1.82, 2.24) is 0 Å². The predicted molar refractivity (Wildman–Crippen MR) is 134 cm³/mol. The molecule has 0 aliphatic heterocycles. The number of aliphatic carboxylic acids is 2. The summed E-state index contributed by atoms with van der Waals surface area (Å²) in [6, 6.07) is 44.0. The van der Waals surface area contributed by atoms with Crippen LogP contribution in [0.4, 0.5) is 0 Å². The van der Waals surface area contributed by atoms with Gasteiger partial charge in [-0.2, -0.15) is 0 Å². The van der Waals surface area contributed by atoms with Crippen LogP contribution in [0.1, 0.15) is 13.8 Å². The van der Waals surface area contributed by atoms with E-state index in [1.807, 2.05) is 0 Å². The van der Waals surface area contributed by atoms with E-state index in [2.05, 4.69) is 121 Å². The molecule has 0 saturated heterocycles. The SMILES string of the molecule is CC(=O)[O-].CC(=O)[O-].[Pd+2].c1ccc([PH](c2ccccc2)(c2ccccc2)c2ccccc2)cc1. The van der Waals surface area contributed by atoms with E-state index >= 15 is 0 Å². The Kier molecular flexibility index (Phi) is 12.7. The second-order valence-corrected chi connectivity index (χ2v) is 11.0. The van der Waals surface area contributed by atoms with Crippen molar-refractivity contribution in [3.05, 3.63) is 121 Å². The molecule has 4 aromatic rings. The molecule has 0 aromatic heterocycles. The van der Waals surface area contributed by atoms with Gasteiger partial charge < -0.3 is 19.8 Å². The van der Waals surface area contributed by atoms with E-state index in [0.29, 0.717) is 0 Å². The van der Waals surface area contributed by atoms with Crippen molar-refractivity contribution in [1.29, 1.82) is 0 Å². The summed E-state index contributed by atoms with van der Waals surface area (Å²) >= 11 is 0. The van der Waals surface area contributed by atoms with Crippen LogP contribution in [0.3, 0.4) is 0 Å². The molecular formula is C28H27O4PPd. The standard InChI is InChI=1S/C24H21P.2C2H4O2.Pd/c1-5-13-21(14-6-1)25(22-15-7-2-8-16-22,23-17-9-3-10-18-23)24-19-11-4-12-20-24;2*1-2(3)4;/h1-20,25H;2*1H3,(H,3,4);/q;;;+2/p-2. The molecule has 0 fully saturated rings. The fraction of sp³-hybridized carbons (Fsp3) is 0.0714. The summed E-state index contributed by atoms with van der Waals surface area (Å²) in [5.74, 6) is -2.17. The van der Waals surface area contributed by atoms with Gasteiger partial charge in [-0.05, 0) is 13.8 Å². The normalized spacial score (nSPS) is 10.2. The van der Waals surface area contributed by atoms with Crippen LogP contribution in [0.25, 0.3) is 0 Å². The first-order chi connectivity index (χ1) is 15.9. The van der Waals surface area contributed by atoms with Crippen molar-refractivity contribution in [2.75, 3.05) is 0 Å². The van der Waals surface area contributed by atoms with E-state index in [4.69, 9.17) is 19.8 Å². The molecule has 0 heterocycles. The summed E-state index contributed by atoms with van der Waals surface area (Å²) in [4.78, 5) is 17.8. The third-order valence-electron chi connectivity index (χ3n) is 4.83. The Morgan fingerprint density at radius 2 is 0.618 bits per heavy atom. The van der Waals surface area contributed by atoms with E-state index in [1.54, 1.807) is 0 Å². The monoisotopic (exact) mass is 564 g/mol. The van der Waals surface area contributed by atoms with Crippen molar-refractivity contribution >= 4 is 40.4 Å². The Labute approximate surface area is 215 Å². The zero-order chi connectivity index (χ0) is 24.1. The maximum atomic E-state index is 8.89. The van der Waals surface area contributed by atoms with Crippen molar-refractivity contribution in [2.24, 2.45) is 0 Å². The molecule has 178 valence electrons. The van der Waals surface area contributed by atoms with Gasteiger partial charge >= 0.3 is 170 Å². The zero-order valence-electron chi connectivity index (χ0n) is 19.0. The first-order valence-electron chi connectivity index (χ1n) is 10.5. The van der Waals surface area contributed by atoms with E-state index in [9.17, 15) is 0 Å². The van der Waals surface area contributed by atoms with Gasteiger partial charge in [-0.3, -0.25) is 0 Å². The molecule has 4 aromatic carbocycles. The Bertz CT molecular complexity index is 939. The molecule has 0 radical (unpaired) electrons. The Hall–Kier alpha value is -3.09. The van der Waals surface area contributed by atoms with Crippen LogP contribution in [0.5, 0.6) is 0 Å².